The number of hydrogen-bond acceptors (Lipinski definition) is 7. The summed E-state index contributed by atoms with van der Waals surface area (Å²) < 4.78 is 35.4. The maximum Gasteiger partial charge on any atom is 0.407 e. The fraction of sp³-hybridized carbons (Fsp3) is 0.267. The van der Waals surface area contributed by atoms with Crippen molar-refractivity contribution in [2.24, 2.45) is 0 Å². The molecule has 4 N–H and O–H groups in total. The molecule has 2 amide bonds. The van der Waals surface area contributed by atoms with Gasteiger partial charge in [-0.2, -0.15) is 13.7 Å². The Morgan fingerprint density at radius 3 is 2.46 bits per heavy atom. The maximum absolute atomic E-state index is 12.0. The number of ether oxygens (including phenoxy) is 1. The largest absolute Gasteiger partial charge is 0.450 e. The number of carbonyl (C=O) groups is 2. The lowest BCUT2D eigenvalue weighted by Crippen LogP contribution is -2.31. The molecule has 11 heteroatoms. The molecule has 140 valence electrons. The Labute approximate surface area is 150 Å². The van der Waals surface area contributed by atoms with Crippen molar-refractivity contribution in [1.29, 1.82) is 5.26 Å². The van der Waals surface area contributed by atoms with Crippen LogP contribution in [0.1, 0.15) is 6.92 Å². The maximum atomic E-state index is 12.0. The number of nitrogens with one attached hydrogen (secondary N) is 3. The summed E-state index contributed by atoms with van der Waals surface area (Å²) in [6.07, 6.45) is 0.624. The lowest BCUT2D eigenvalue weighted by Gasteiger charge is -2.07. The number of anilines is 1. The molecule has 1 aromatic carbocycles. The number of nitriles is 1. The highest BCUT2D eigenvalue weighted by Crippen LogP contribution is 2.14. The summed E-state index contributed by atoms with van der Waals surface area (Å²) in [5.74, 6) is -0.710. The monoisotopic (exact) mass is 382 g/mol. The first-order valence-electron chi connectivity index (χ1n) is 7.41. The van der Waals surface area contributed by atoms with E-state index in [1.165, 1.54) is 18.3 Å². The predicted octanol–water partition coefficient (Wildman–Crippen LogP) is 0.615. The van der Waals surface area contributed by atoms with Crippen molar-refractivity contribution in [3.05, 3.63) is 36.0 Å². The van der Waals surface area contributed by atoms with Crippen LogP contribution in [0.25, 0.3) is 0 Å². The summed E-state index contributed by atoms with van der Waals surface area (Å²) in [5.41, 5.74) is 0.0209. The Hall–Kier alpha value is -3.10. The van der Waals surface area contributed by atoms with E-state index in [-0.39, 0.29) is 35.9 Å². The van der Waals surface area contributed by atoms with E-state index in [4.69, 9.17) is 9.81 Å². The zero-order valence-electron chi connectivity index (χ0n) is 13.9. The zero-order chi connectivity index (χ0) is 19.6. The number of benzene rings is 1. The number of hydrogen-bond donors (Lipinski definition) is 4. The van der Waals surface area contributed by atoms with Crippen molar-refractivity contribution >= 4 is 27.8 Å². The number of nitrogens with zero attached hydrogens (tertiary/aromatic N) is 1. The Morgan fingerprint density at radius 2 is 1.92 bits per heavy atom. The van der Waals surface area contributed by atoms with Crippen molar-refractivity contribution < 1.29 is 27.3 Å². The highest BCUT2D eigenvalue weighted by molar-refractivity contribution is 7.85. The van der Waals surface area contributed by atoms with Gasteiger partial charge in [0.1, 0.15) is 11.6 Å². The third kappa shape index (κ3) is 7.20. The van der Waals surface area contributed by atoms with Gasteiger partial charge in [-0.25, -0.2) is 4.79 Å². The molecule has 0 saturated carbocycles. The highest BCUT2D eigenvalue weighted by atomic mass is 32.2. The molecule has 0 aliphatic carbocycles. The summed E-state index contributed by atoms with van der Waals surface area (Å²) >= 11 is 0. The second kappa shape index (κ2) is 10.0. The van der Waals surface area contributed by atoms with E-state index in [9.17, 15) is 18.0 Å². The van der Waals surface area contributed by atoms with Gasteiger partial charge in [0.05, 0.1) is 11.5 Å². The third-order valence-corrected chi connectivity index (χ3v) is 3.70. The first-order chi connectivity index (χ1) is 12.3. The van der Waals surface area contributed by atoms with E-state index < -0.39 is 22.1 Å². The summed E-state index contributed by atoms with van der Waals surface area (Å²) in [7, 11) is -4.32. The van der Waals surface area contributed by atoms with Crippen molar-refractivity contribution in [2.75, 3.05) is 25.0 Å². The molecular formula is C15H18N4O6S. The second-order valence-corrected chi connectivity index (χ2v) is 6.15. The Balaban J connectivity index is 2.55. The minimum absolute atomic E-state index is 0.222. The summed E-state index contributed by atoms with van der Waals surface area (Å²) in [5, 5.41) is 16.6. The normalized spacial score (nSPS) is 11.2. The molecule has 0 radical (unpaired) electrons. The van der Waals surface area contributed by atoms with Crippen LogP contribution < -0.4 is 16.0 Å². The molecule has 0 aliphatic heterocycles. The van der Waals surface area contributed by atoms with Gasteiger partial charge < -0.3 is 20.7 Å². The molecule has 0 bridgehead atoms. The minimum Gasteiger partial charge on any atom is -0.450 e. The van der Waals surface area contributed by atoms with Crippen LogP contribution in [0.2, 0.25) is 0 Å². The van der Waals surface area contributed by atoms with Crippen LogP contribution in [-0.2, 0) is 19.6 Å². The van der Waals surface area contributed by atoms with Gasteiger partial charge in [-0.3, -0.25) is 9.35 Å². The smallest absolute Gasteiger partial charge is 0.407 e. The van der Waals surface area contributed by atoms with E-state index in [1.54, 1.807) is 13.0 Å². The van der Waals surface area contributed by atoms with Crippen LogP contribution in [0.4, 0.5) is 10.5 Å². The van der Waals surface area contributed by atoms with Gasteiger partial charge in [0.15, 0.2) is 0 Å². The van der Waals surface area contributed by atoms with Gasteiger partial charge in [0.2, 0.25) is 0 Å². The van der Waals surface area contributed by atoms with Gasteiger partial charge >= 0.3 is 6.09 Å². The Morgan fingerprint density at radius 1 is 1.27 bits per heavy atom. The molecule has 0 unspecified atom stereocenters. The van der Waals surface area contributed by atoms with Gasteiger partial charge in [-0.05, 0) is 31.2 Å². The third-order valence-electron chi connectivity index (χ3n) is 2.84. The molecule has 1 aromatic rings. The summed E-state index contributed by atoms with van der Waals surface area (Å²) in [4.78, 5) is 22.7. The Kier molecular flexibility index (Phi) is 8.07. The van der Waals surface area contributed by atoms with Crippen LogP contribution in [0.3, 0.4) is 0 Å². The van der Waals surface area contributed by atoms with Gasteiger partial charge in [0.25, 0.3) is 16.0 Å². The zero-order valence-corrected chi connectivity index (χ0v) is 14.7. The SMILES string of the molecule is CCOC(=O)NCCN/C=C(/C#N)C(=O)Nc1ccc(S(=O)(=O)O)cc1. The molecule has 0 saturated heterocycles. The van der Waals surface area contributed by atoms with Crippen molar-refractivity contribution in [2.45, 2.75) is 11.8 Å². The molecule has 0 heterocycles. The van der Waals surface area contributed by atoms with Crippen LogP contribution in [0, 0.1) is 11.3 Å². The van der Waals surface area contributed by atoms with Gasteiger partial charge in [-0.15, -0.1) is 0 Å². The minimum atomic E-state index is -4.32. The molecule has 1 rings (SSSR count). The van der Waals surface area contributed by atoms with Gasteiger partial charge in [-0.1, -0.05) is 0 Å². The standard InChI is InChI=1S/C15H18N4O6S/c1-2-25-15(21)18-8-7-17-10-11(9-16)14(20)19-12-3-5-13(6-4-12)26(22,23)24/h3-6,10,17H,2,7-8H2,1H3,(H,18,21)(H,19,20)(H,22,23,24)/b11-10-. The van der Waals surface area contributed by atoms with E-state index in [1.807, 2.05) is 0 Å². The average molecular weight is 382 g/mol. The van der Waals surface area contributed by atoms with Gasteiger partial charge in [0, 0.05) is 25.0 Å². The Bertz CT molecular complexity index is 812. The van der Waals surface area contributed by atoms with Crippen LogP contribution >= 0.6 is 0 Å². The highest BCUT2D eigenvalue weighted by Gasteiger charge is 2.11. The van der Waals surface area contributed by atoms with Crippen LogP contribution in [0.5, 0.6) is 0 Å². The number of amides is 2. The van der Waals surface area contributed by atoms with Crippen molar-refractivity contribution in [3.8, 4) is 6.07 Å². The second-order valence-electron chi connectivity index (χ2n) is 4.72. The molecule has 0 aromatic heterocycles. The number of alkyl carbamates (subject to hydrolysis) is 1. The topological polar surface area (TPSA) is 158 Å². The van der Waals surface area contributed by atoms with Crippen LogP contribution in [-0.4, -0.2) is 44.7 Å². The molecule has 0 atom stereocenters. The first-order valence-corrected chi connectivity index (χ1v) is 8.85. The lowest BCUT2D eigenvalue weighted by molar-refractivity contribution is -0.112. The van der Waals surface area contributed by atoms with Crippen molar-refractivity contribution in [3.63, 3.8) is 0 Å². The van der Waals surface area contributed by atoms with E-state index >= 15 is 0 Å². The molecule has 0 spiro atoms. The lowest BCUT2D eigenvalue weighted by atomic mass is 10.2. The quantitative estimate of drug-likeness (QED) is 0.220. The molecule has 26 heavy (non-hydrogen) atoms. The van der Waals surface area contributed by atoms with Crippen molar-refractivity contribution in [1.82, 2.24) is 10.6 Å². The molecule has 0 fully saturated rings. The number of rotatable bonds is 8. The molecule has 10 nitrogen and oxygen atoms in total. The van der Waals surface area contributed by atoms with E-state index in [0.717, 1.165) is 12.1 Å². The average Bonchev–Trinajstić information content (AvgIpc) is 2.58. The summed E-state index contributed by atoms with van der Waals surface area (Å²) in [6, 6.07) is 6.48. The first kappa shape index (κ1) is 20.9. The fourth-order valence-electron chi connectivity index (χ4n) is 1.65. The van der Waals surface area contributed by atoms with Crippen LogP contribution in [0.15, 0.2) is 40.9 Å². The summed E-state index contributed by atoms with van der Waals surface area (Å²) in [6.45, 7) is 2.42. The van der Waals surface area contributed by atoms with E-state index in [0.29, 0.717) is 0 Å². The molecule has 0 aliphatic rings. The van der Waals surface area contributed by atoms with E-state index in [2.05, 4.69) is 20.7 Å². The fourth-order valence-corrected chi connectivity index (χ4v) is 2.13. The number of carbonyl (C=O) groups excluding carboxylic acids is 2. The molecular weight excluding hydrogens is 364 g/mol. The predicted molar refractivity (Wildman–Crippen MR) is 91.6 cm³/mol.